The molecular formula is C28H37N3O4. The molecular weight excluding hydrogens is 442 g/mol. The molecule has 1 saturated heterocycles. The molecule has 2 aromatic rings. The van der Waals surface area contributed by atoms with Crippen LogP contribution in [0.1, 0.15) is 74.1 Å². The number of nitrogens with zero attached hydrogens (tertiary/aromatic N) is 2. The number of fused-ring (bicyclic) bond motifs is 3. The third-order valence-corrected chi connectivity index (χ3v) is 7.41. The lowest BCUT2D eigenvalue weighted by atomic mass is 9.86. The minimum atomic E-state index is -0.807. The molecule has 5 rings (SSSR count). The Kier molecular flexibility index (Phi) is 7.37. The second-order valence-corrected chi connectivity index (χ2v) is 10.3. The Bertz CT molecular complexity index is 1040. The van der Waals surface area contributed by atoms with Gasteiger partial charge in [-0.1, -0.05) is 30.3 Å². The number of ether oxygens (including phenoxy) is 2. The molecule has 7 heteroatoms. The quantitative estimate of drug-likeness (QED) is 0.511. The summed E-state index contributed by atoms with van der Waals surface area (Å²) >= 11 is 0. The van der Waals surface area contributed by atoms with Crippen molar-refractivity contribution < 1.29 is 19.4 Å². The number of carboxylic acid groups (broad SMARTS) is 1. The van der Waals surface area contributed by atoms with Crippen LogP contribution in [0.25, 0.3) is 0 Å². The van der Waals surface area contributed by atoms with Crippen molar-refractivity contribution in [3.63, 3.8) is 0 Å². The van der Waals surface area contributed by atoms with Gasteiger partial charge in [-0.25, -0.2) is 4.98 Å². The van der Waals surface area contributed by atoms with Gasteiger partial charge in [0.25, 0.3) is 0 Å². The van der Waals surface area contributed by atoms with Gasteiger partial charge in [-0.2, -0.15) is 0 Å². The van der Waals surface area contributed by atoms with Crippen LogP contribution in [-0.2, 0) is 27.1 Å². The lowest BCUT2D eigenvalue weighted by Gasteiger charge is -2.42. The van der Waals surface area contributed by atoms with Crippen LogP contribution in [0.3, 0.4) is 0 Å². The fraction of sp³-hybridized carbons (Fsp3) is 0.571. The summed E-state index contributed by atoms with van der Waals surface area (Å²) in [7, 11) is 0. The fourth-order valence-electron chi connectivity index (χ4n) is 5.87. The molecule has 7 nitrogen and oxygen atoms in total. The van der Waals surface area contributed by atoms with Crippen molar-refractivity contribution in [2.75, 3.05) is 25.0 Å². The SMILES string of the molecule is CC(C)O[C@H]1c2ccccc2[C@@H](C(=O)O)N2C[C@H](OCCCCc3ccc4c(n3)NCCC4)CC12. The molecule has 3 aliphatic heterocycles. The normalized spacial score (nSPS) is 25.6. The minimum absolute atomic E-state index is 0.00518. The second-order valence-electron chi connectivity index (χ2n) is 10.3. The number of benzene rings is 1. The van der Waals surface area contributed by atoms with Gasteiger partial charge in [-0.05, 0) is 75.1 Å². The predicted octanol–water partition coefficient (Wildman–Crippen LogP) is 4.53. The van der Waals surface area contributed by atoms with Gasteiger partial charge in [0, 0.05) is 31.4 Å². The van der Waals surface area contributed by atoms with Crippen LogP contribution in [-0.4, -0.2) is 58.9 Å². The highest BCUT2D eigenvalue weighted by molar-refractivity contribution is 5.77. The number of aryl methyl sites for hydroxylation is 2. The summed E-state index contributed by atoms with van der Waals surface area (Å²) in [6.07, 6.45) is 5.93. The average molecular weight is 480 g/mol. The van der Waals surface area contributed by atoms with E-state index in [9.17, 15) is 9.90 Å². The number of pyridine rings is 1. The lowest BCUT2D eigenvalue weighted by molar-refractivity contribution is -0.147. The van der Waals surface area contributed by atoms with Crippen molar-refractivity contribution in [3.8, 4) is 0 Å². The number of hydrogen-bond donors (Lipinski definition) is 2. The van der Waals surface area contributed by atoms with Crippen LogP contribution in [0.15, 0.2) is 36.4 Å². The number of aromatic nitrogens is 1. The number of rotatable bonds is 9. The summed E-state index contributed by atoms with van der Waals surface area (Å²) < 4.78 is 12.6. The third-order valence-electron chi connectivity index (χ3n) is 7.41. The first-order valence-corrected chi connectivity index (χ1v) is 13.1. The van der Waals surface area contributed by atoms with E-state index in [4.69, 9.17) is 14.5 Å². The van der Waals surface area contributed by atoms with E-state index in [2.05, 4.69) is 22.3 Å². The van der Waals surface area contributed by atoms with Crippen LogP contribution in [0, 0.1) is 0 Å². The number of carbonyl (C=O) groups is 1. The molecule has 2 N–H and O–H groups in total. The number of unbranched alkanes of at least 4 members (excludes halogenated alkanes) is 1. The number of hydrogen-bond acceptors (Lipinski definition) is 6. The van der Waals surface area contributed by atoms with Crippen LogP contribution in [0.4, 0.5) is 5.82 Å². The van der Waals surface area contributed by atoms with E-state index >= 15 is 0 Å². The minimum Gasteiger partial charge on any atom is -0.480 e. The van der Waals surface area contributed by atoms with Gasteiger partial charge in [0.05, 0.1) is 18.3 Å². The van der Waals surface area contributed by atoms with Gasteiger partial charge in [0.1, 0.15) is 11.9 Å². The largest absolute Gasteiger partial charge is 0.480 e. The van der Waals surface area contributed by atoms with E-state index in [1.807, 2.05) is 38.1 Å². The Hall–Kier alpha value is -2.48. The summed E-state index contributed by atoms with van der Waals surface area (Å²) in [6, 6.07) is 11.6. The molecule has 3 aliphatic rings. The van der Waals surface area contributed by atoms with Crippen LogP contribution in [0.2, 0.25) is 0 Å². The van der Waals surface area contributed by atoms with Crippen LogP contribution in [0.5, 0.6) is 0 Å². The van der Waals surface area contributed by atoms with Gasteiger partial charge in [0.15, 0.2) is 0 Å². The first kappa shape index (κ1) is 24.2. The van der Waals surface area contributed by atoms with E-state index in [1.54, 1.807) is 0 Å². The smallest absolute Gasteiger partial charge is 0.325 e. The number of nitrogens with one attached hydrogen (secondary N) is 1. The number of aliphatic carboxylic acids is 1. The molecule has 0 saturated carbocycles. The Labute approximate surface area is 207 Å². The Balaban J connectivity index is 1.17. The predicted molar refractivity (Wildman–Crippen MR) is 135 cm³/mol. The topological polar surface area (TPSA) is 83.9 Å². The highest BCUT2D eigenvalue weighted by Gasteiger charge is 2.49. The van der Waals surface area contributed by atoms with Crippen molar-refractivity contribution >= 4 is 11.8 Å². The Morgan fingerprint density at radius 1 is 1.20 bits per heavy atom. The van der Waals surface area contributed by atoms with E-state index in [0.717, 1.165) is 61.3 Å². The first-order valence-electron chi connectivity index (χ1n) is 13.1. The zero-order valence-corrected chi connectivity index (χ0v) is 20.8. The molecule has 0 spiro atoms. The third kappa shape index (κ3) is 5.22. The molecule has 0 aliphatic carbocycles. The standard InChI is InChI=1S/C28H37N3O4/c1-18(2)35-26-23-11-4-3-10-22(23)25(28(32)33)31-17-21(16-24(26)31)34-15-6-5-9-20-13-12-19-8-7-14-29-27(19)30-20/h3-4,10-13,18,21,24-26H,5-9,14-17H2,1-2H3,(H,29,30)(H,32,33)/t21-,24?,25+,26+/m1/s1. The van der Waals surface area contributed by atoms with Crippen molar-refractivity contribution in [2.45, 2.75) is 82.8 Å². The highest BCUT2D eigenvalue weighted by atomic mass is 16.5. The summed E-state index contributed by atoms with van der Waals surface area (Å²) in [4.78, 5) is 19.2. The van der Waals surface area contributed by atoms with Crippen LogP contribution < -0.4 is 5.32 Å². The Morgan fingerprint density at radius 3 is 2.83 bits per heavy atom. The Morgan fingerprint density at radius 2 is 2.03 bits per heavy atom. The molecule has 0 bridgehead atoms. The molecule has 1 aromatic carbocycles. The number of anilines is 1. The van der Waals surface area contributed by atoms with Gasteiger partial charge in [-0.15, -0.1) is 0 Å². The molecule has 4 heterocycles. The highest BCUT2D eigenvalue weighted by Crippen LogP contribution is 2.46. The molecule has 1 fully saturated rings. The summed E-state index contributed by atoms with van der Waals surface area (Å²) in [5.41, 5.74) is 4.30. The maximum absolute atomic E-state index is 12.3. The lowest BCUT2D eigenvalue weighted by Crippen LogP contribution is -2.46. The number of carboxylic acids is 1. The molecule has 188 valence electrons. The first-order chi connectivity index (χ1) is 17.0. The molecule has 4 atom stereocenters. The summed E-state index contributed by atoms with van der Waals surface area (Å²) in [6.45, 7) is 6.37. The molecule has 1 aromatic heterocycles. The van der Waals surface area contributed by atoms with Gasteiger partial charge < -0.3 is 19.9 Å². The molecule has 1 unspecified atom stereocenters. The van der Waals surface area contributed by atoms with Gasteiger partial charge in [-0.3, -0.25) is 9.69 Å². The maximum Gasteiger partial charge on any atom is 0.325 e. The van der Waals surface area contributed by atoms with Crippen molar-refractivity contribution in [1.82, 2.24) is 9.88 Å². The second kappa shape index (κ2) is 10.6. The van der Waals surface area contributed by atoms with Crippen molar-refractivity contribution in [3.05, 3.63) is 58.8 Å². The van der Waals surface area contributed by atoms with E-state index < -0.39 is 12.0 Å². The van der Waals surface area contributed by atoms with Gasteiger partial charge in [0.2, 0.25) is 0 Å². The maximum atomic E-state index is 12.3. The van der Waals surface area contributed by atoms with Crippen molar-refractivity contribution in [2.24, 2.45) is 0 Å². The molecule has 35 heavy (non-hydrogen) atoms. The van der Waals surface area contributed by atoms with Crippen LogP contribution >= 0.6 is 0 Å². The van der Waals surface area contributed by atoms with Gasteiger partial charge >= 0.3 is 5.97 Å². The van der Waals surface area contributed by atoms with E-state index in [-0.39, 0.29) is 24.4 Å². The summed E-state index contributed by atoms with van der Waals surface area (Å²) in [5, 5.41) is 13.5. The average Bonchev–Trinajstić information content (AvgIpc) is 3.26. The monoisotopic (exact) mass is 479 g/mol. The van der Waals surface area contributed by atoms with E-state index in [1.165, 1.54) is 12.0 Å². The molecule has 0 amide bonds. The van der Waals surface area contributed by atoms with E-state index in [0.29, 0.717) is 13.2 Å². The van der Waals surface area contributed by atoms with Crippen molar-refractivity contribution in [1.29, 1.82) is 0 Å². The zero-order valence-electron chi connectivity index (χ0n) is 20.8. The summed E-state index contributed by atoms with van der Waals surface area (Å²) in [5.74, 6) is 0.248. The zero-order chi connectivity index (χ0) is 24.4. The molecule has 0 radical (unpaired) electrons. The fourth-order valence-corrected chi connectivity index (χ4v) is 5.87.